The Balaban J connectivity index is 2.88. The number of hydrogen-bond acceptors (Lipinski definition) is 1. The molecule has 1 rings (SSSR count). The Morgan fingerprint density at radius 3 is 2.58 bits per heavy atom. The van der Waals surface area contributed by atoms with Gasteiger partial charge < -0.3 is 0 Å². The van der Waals surface area contributed by atoms with E-state index in [4.69, 9.17) is 11.6 Å². The molecule has 0 amide bonds. The second-order valence-corrected chi connectivity index (χ2v) is 2.63. The van der Waals surface area contributed by atoms with E-state index in [1.165, 1.54) is 12.3 Å². The lowest BCUT2D eigenvalue weighted by Crippen LogP contribution is -2.06. The first-order valence-corrected chi connectivity index (χ1v) is 3.53. The molecule has 0 N–H and O–H groups in total. The average Bonchev–Trinajstić information content (AvgIpc) is 2.03. The predicted molar refractivity (Wildman–Crippen MR) is 38.7 cm³/mol. The fourth-order valence-electron chi connectivity index (χ4n) is 0.729. The highest BCUT2D eigenvalue weighted by Crippen LogP contribution is 2.22. The predicted octanol–water partition coefficient (Wildman–Crippen LogP) is 2.47. The number of hydrogen-bond donors (Lipinski definition) is 0. The zero-order valence-corrected chi connectivity index (χ0v) is 6.63. The van der Waals surface area contributed by atoms with Crippen molar-refractivity contribution in [3.05, 3.63) is 29.0 Å². The van der Waals surface area contributed by atoms with E-state index in [1.54, 1.807) is 0 Å². The van der Waals surface area contributed by atoms with Crippen LogP contribution in [0.5, 0.6) is 0 Å². The number of nitrogens with zero attached hydrogens (tertiary/aromatic N) is 1. The minimum atomic E-state index is -2.93. The highest BCUT2D eigenvalue weighted by atomic mass is 35.5. The van der Waals surface area contributed by atoms with E-state index in [-0.39, 0.29) is 10.6 Å². The van der Waals surface area contributed by atoms with Gasteiger partial charge in [-0.25, -0.2) is 13.9 Å². The summed E-state index contributed by atoms with van der Waals surface area (Å²) in [5, 5.41) is 10.9. The van der Waals surface area contributed by atoms with Gasteiger partial charge in [0.05, 0.1) is 5.02 Å². The van der Waals surface area contributed by atoms with Crippen molar-refractivity contribution in [3.8, 4) is 0 Å². The van der Waals surface area contributed by atoms with Gasteiger partial charge in [-0.05, 0) is 6.07 Å². The molecule has 0 saturated carbocycles. The van der Waals surface area contributed by atoms with Gasteiger partial charge in [-0.2, -0.15) is 0 Å². The molecule has 0 aliphatic carbocycles. The first kappa shape index (κ1) is 9.35. The van der Waals surface area contributed by atoms with Gasteiger partial charge >= 0.3 is 0 Å². The lowest BCUT2D eigenvalue weighted by Gasteiger charge is -2.05. The van der Waals surface area contributed by atoms with Crippen LogP contribution in [0.1, 0.15) is 11.7 Å². The molecular weight excluding hydrogens is 188 g/mol. The Kier molecular flexibility index (Phi) is 2.94. The van der Waals surface area contributed by atoms with E-state index in [1.807, 2.05) is 0 Å². The summed E-state index contributed by atoms with van der Waals surface area (Å²) in [6.45, 7) is 0. The molecule has 1 unspecified atom stereocenters. The number of alkyl halides is 2. The highest BCUT2D eigenvalue weighted by molar-refractivity contribution is 6.30. The summed E-state index contributed by atoms with van der Waals surface area (Å²) in [5.41, 5.74) is -0.0856. The van der Waals surface area contributed by atoms with Crippen molar-refractivity contribution < 1.29 is 13.9 Å². The van der Waals surface area contributed by atoms with Crippen molar-refractivity contribution in [2.45, 2.75) is 12.5 Å². The molecule has 1 aromatic heterocycles. The van der Waals surface area contributed by atoms with Gasteiger partial charge in [-0.3, -0.25) is 4.98 Å². The van der Waals surface area contributed by atoms with Crippen LogP contribution in [0.3, 0.4) is 0 Å². The second kappa shape index (κ2) is 3.78. The molecule has 5 heteroatoms. The number of aromatic nitrogens is 1. The largest absolute Gasteiger partial charge is 0.271 e. The SMILES string of the molecule is [O]C(c1cncc(Cl)c1)C(F)F. The maximum Gasteiger partial charge on any atom is 0.271 e. The Morgan fingerprint density at radius 1 is 1.42 bits per heavy atom. The van der Waals surface area contributed by atoms with Crippen molar-refractivity contribution in [1.82, 2.24) is 4.98 Å². The molecule has 2 nitrogen and oxygen atoms in total. The van der Waals surface area contributed by atoms with E-state index >= 15 is 0 Å². The Labute approximate surface area is 72.8 Å². The maximum absolute atomic E-state index is 11.9. The van der Waals surface area contributed by atoms with Crippen molar-refractivity contribution in [2.24, 2.45) is 0 Å². The van der Waals surface area contributed by atoms with Crippen molar-refractivity contribution >= 4 is 11.6 Å². The van der Waals surface area contributed by atoms with E-state index in [9.17, 15) is 13.9 Å². The van der Waals surface area contributed by atoms with Gasteiger partial charge in [-0.15, -0.1) is 0 Å². The van der Waals surface area contributed by atoms with Crippen LogP contribution in [0.25, 0.3) is 0 Å². The summed E-state index contributed by atoms with van der Waals surface area (Å²) >= 11 is 5.45. The van der Waals surface area contributed by atoms with Gasteiger partial charge in [-0.1, -0.05) is 11.6 Å². The number of halogens is 3. The third-order valence-electron chi connectivity index (χ3n) is 1.28. The molecule has 1 atom stereocenters. The van der Waals surface area contributed by atoms with Gasteiger partial charge in [0.1, 0.15) is 0 Å². The molecule has 1 heterocycles. The molecule has 0 aromatic carbocycles. The summed E-state index contributed by atoms with van der Waals surface area (Å²) in [5.74, 6) is 0. The van der Waals surface area contributed by atoms with E-state index < -0.39 is 12.5 Å². The summed E-state index contributed by atoms with van der Waals surface area (Å²) in [7, 11) is 0. The molecule has 0 bridgehead atoms. The molecule has 0 aliphatic rings. The Hall–Kier alpha value is -0.740. The zero-order valence-electron chi connectivity index (χ0n) is 5.88. The monoisotopic (exact) mass is 192 g/mol. The first-order chi connectivity index (χ1) is 5.61. The normalized spacial score (nSPS) is 13.4. The number of pyridine rings is 1. The first-order valence-electron chi connectivity index (χ1n) is 3.15. The highest BCUT2D eigenvalue weighted by Gasteiger charge is 2.21. The minimum Gasteiger partial charge on any atom is -0.263 e. The van der Waals surface area contributed by atoms with E-state index in [2.05, 4.69) is 4.98 Å². The quantitative estimate of drug-likeness (QED) is 0.709. The fourth-order valence-corrected chi connectivity index (χ4v) is 0.912. The maximum atomic E-state index is 11.9. The summed E-state index contributed by atoms with van der Waals surface area (Å²) in [4.78, 5) is 3.52. The van der Waals surface area contributed by atoms with Gasteiger partial charge in [0, 0.05) is 18.0 Å². The Morgan fingerprint density at radius 2 is 2.08 bits per heavy atom. The van der Waals surface area contributed by atoms with Crippen LogP contribution in [0.15, 0.2) is 18.5 Å². The van der Waals surface area contributed by atoms with Crippen LogP contribution < -0.4 is 0 Å². The van der Waals surface area contributed by atoms with E-state index in [0.29, 0.717) is 0 Å². The van der Waals surface area contributed by atoms with Crippen LogP contribution in [0.4, 0.5) is 8.78 Å². The molecule has 0 saturated heterocycles. The van der Waals surface area contributed by atoms with Crippen LogP contribution in [0, 0.1) is 0 Å². The summed E-state index contributed by atoms with van der Waals surface area (Å²) in [6.07, 6.45) is -2.61. The van der Waals surface area contributed by atoms with Crippen LogP contribution in [-0.4, -0.2) is 11.4 Å². The minimum absolute atomic E-state index is 0.0856. The zero-order chi connectivity index (χ0) is 9.14. The molecular formula is C7H5ClF2NO. The smallest absolute Gasteiger partial charge is 0.263 e. The topological polar surface area (TPSA) is 32.8 Å². The van der Waals surface area contributed by atoms with Crippen LogP contribution in [-0.2, 0) is 5.11 Å². The molecule has 0 spiro atoms. The fraction of sp³-hybridized carbons (Fsp3) is 0.286. The third-order valence-corrected chi connectivity index (χ3v) is 1.49. The van der Waals surface area contributed by atoms with Crippen molar-refractivity contribution in [3.63, 3.8) is 0 Å². The lowest BCUT2D eigenvalue weighted by molar-refractivity contribution is -0.0482. The summed E-state index contributed by atoms with van der Waals surface area (Å²) in [6, 6.07) is 1.19. The van der Waals surface area contributed by atoms with Crippen molar-refractivity contribution in [2.75, 3.05) is 0 Å². The summed E-state index contributed by atoms with van der Waals surface area (Å²) < 4.78 is 23.7. The average molecular weight is 193 g/mol. The molecule has 65 valence electrons. The van der Waals surface area contributed by atoms with Gasteiger partial charge in [0.2, 0.25) is 0 Å². The van der Waals surface area contributed by atoms with Crippen molar-refractivity contribution in [1.29, 1.82) is 0 Å². The molecule has 0 fully saturated rings. The van der Waals surface area contributed by atoms with E-state index in [0.717, 1.165) is 6.20 Å². The number of rotatable bonds is 2. The third kappa shape index (κ3) is 2.12. The molecule has 1 aromatic rings. The molecule has 1 radical (unpaired) electrons. The standard InChI is InChI=1S/C7H5ClF2NO/c8-5-1-4(2-11-3-5)6(12)7(9)10/h1-3,6-7H. The second-order valence-electron chi connectivity index (χ2n) is 2.19. The van der Waals surface area contributed by atoms with Crippen LogP contribution in [0.2, 0.25) is 5.02 Å². The lowest BCUT2D eigenvalue weighted by atomic mass is 10.2. The van der Waals surface area contributed by atoms with Gasteiger partial charge in [0.25, 0.3) is 6.43 Å². The Bertz CT molecular complexity index is 269. The molecule has 12 heavy (non-hydrogen) atoms. The van der Waals surface area contributed by atoms with Gasteiger partial charge in [0.15, 0.2) is 6.10 Å². The van der Waals surface area contributed by atoms with Crippen LogP contribution >= 0.6 is 11.6 Å². The molecule has 0 aliphatic heterocycles.